The van der Waals surface area contributed by atoms with Crippen molar-refractivity contribution < 1.29 is 5.11 Å². The highest BCUT2D eigenvalue weighted by atomic mass is 79.9. The molecule has 17 heavy (non-hydrogen) atoms. The van der Waals surface area contributed by atoms with E-state index >= 15 is 0 Å². The maximum atomic E-state index is 10.6. The molecule has 0 heterocycles. The number of aliphatic hydroxyl groups is 1. The zero-order chi connectivity index (χ0) is 12.3. The minimum absolute atomic E-state index is 0.176. The molecule has 94 valence electrons. The van der Waals surface area contributed by atoms with Crippen molar-refractivity contribution in [3.63, 3.8) is 0 Å². The molecule has 2 heteroatoms. The van der Waals surface area contributed by atoms with Gasteiger partial charge in [-0.1, -0.05) is 53.9 Å². The zero-order valence-electron chi connectivity index (χ0n) is 10.5. The first-order valence-electron chi connectivity index (χ1n) is 6.59. The highest BCUT2D eigenvalue weighted by Gasteiger charge is 2.38. The molecule has 2 rings (SSSR count). The molecule has 0 bridgehead atoms. The fourth-order valence-corrected chi connectivity index (χ4v) is 3.54. The van der Waals surface area contributed by atoms with Crippen LogP contribution in [0.15, 0.2) is 28.7 Å². The van der Waals surface area contributed by atoms with E-state index in [2.05, 4.69) is 35.0 Å². The van der Waals surface area contributed by atoms with Gasteiger partial charge in [-0.3, -0.25) is 0 Å². The van der Waals surface area contributed by atoms with Crippen molar-refractivity contribution in [1.29, 1.82) is 0 Å². The van der Waals surface area contributed by atoms with Gasteiger partial charge in [-0.05, 0) is 42.7 Å². The minimum atomic E-state index is -0.200. The SMILES string of the molecule is CCC1(C(O)Cc2ccccc2Br)CCCC1. The van der Waals surface area contributed by atoms with Crippen molar-refractivity contribution in [3.8, 4) is 0 Å². The van der Waals surface area contributed by atoms with Gasteiger partial charge >= 0.3 is 0 Å². The molecule has 1 aromatic rings. The molecule has 0 amide bonds. The molecule has 1 saturated carbocycles. The van der Waals surface area contributed by atoms with E-state index in [0.717, 1.165) is 17.3 Å². The minimum Gasteiger partial charge on any atom is -0.392 e. The summed E-state index contributed by atoms with van der Waals surface area (Å²) in [5, 5.41) is 10.6. The monoisotopic (exact) mass is 296 g/mol. The third kappa shape index (κ3) is 2.74. The predicted octanol–water partition coefficient (Wildman–Crippen LogP) is 4.32. The van der Waals surface area contributed by atoms with Gasteiger partial charge in [0.1, 0.15) is 0 Å². The van der Waals surface area contributed by atoms with E-state index in [1.807, 2.05) is 12.1 Å². The van der Waals surface area contributed by atoms with Gasteiger partial charge in [-0.15, -0.1) is 0 Å². The van der Waals surface area contributed by atoms with Crippen LogP contribution in [0.5, 0.6) is 0 Å². The summed E-state index contributed by atoms with van der Waals surface area (Å²) in [7, 11) is 0. The van der Waals surface area contributed by atoms with Crippen LogP contribution >= 0.6 is 15.9 Å². The first-order chi connectivity index (χ1) is 8.18. The number of hydrogen-bond donors (Lipinski definition) is 1. The Kier molecular flexibility index (Phi) is 4.26. The number of rotatable bonds is 4. The van der Waals surface area contributed by atoms with Crippen molar-refractivity contribution in [3.05, 3.63) is 34.3 Å². The Morgan fingerprint density at radius 2 is 1.94 bits per heavy atom. The molecule has 1 aliphatic carbocycles. The molecule has 0 aliphatic heterocycles. The molecule has 1 unspecified atom stereocenters. The van der Waals surface area contributed by atoms with Gasteiger partial charge in [-0.25, -0.2) is 0 Å². The predicted molar refractivity (Wildman–Crippen MR) is 75.0 cm³/mol. The smallest absolute Gasteiger partial charge is 0.0637 e. The quantitative estimate of drug-likeness (QED) is 0.877. The van der Waals surface area contributed by atoms with Crippen LogP contribution in [-0.4, -0.2) is 11.2 Å². The van der Waals surface area contributed by atoms with E-state index in [-0.39, 0.29) is 11.5 Å². The molecule has 1 aromatic carbocycles. The summed E-state index contributed by atoms with van der Waals surface area (Å²) in [6.45, 7) is 2.22. The van der Waals surface area contributed by atoms with Crippen LogP contribution in [0.25, 0.3) is 0 Å². The molecule has 0 saturated heterocycles. The van der Waals surface area contributed by atoms with Gasteiger partial charge in [-0.2, -0.15) is 0 Å². The van der Waals surface area contributed by atoms with Crippen LogP contribution in [0, 0.1) is 5.41 Å². The van der Waals surface area contributed by atoms with Crippen LogP contribution in [0.3, 0.4) is 0 Å². The molecule has 1 atom stereocenters. The molecular formula is C15H21BrO. The Bertz CT molecular complexity index is 369. The fraction of sp³-hybridized carbons (Fsp3) is 0.600. The lowest BCUT2D eigenvalue weighted by Gasteiger charge is -2.33. The van der Waals surface area contributed by atoms with Gasteiger partial charge in [0.25, 0.3) is 0 Å². The Labute approximate surface area is 112 Å². The number of benzene rings is 1. The number of halogens is 1. The highest BCUT2D eigenvalue weighted by Crippen LogP contribution is 2.45. The lowest BCUT2D eigenvalue weighted by Crippen LogP contribution is -2.33. The van der Waals surface area contributed by atoms with Crippen molar-refractivity contribution in [1.82, 2.24) is 0 Å². The van der Waals surface area contributed by atoms with E-state index in [4.69, 9.17) is 0 Å². The summed E-state index contributed by atoms with van der Waals surface area (Å²) in [5.74, 6) is 0. The first-order valence-corrected chi connectivity index (χ1v) is 7.39. The average Bonchev–Trinajstić information content (AvgIpc) is 2.82. The van der Waals surface area contributed by atoms with Crippen molar-refractivity contribution in [2.45, 2.75) is 51.6 Å². The standard InChI is InChI=1S/C15H21BrO/c1-2-15(9-5-6-10-15)14(17)11-12-7-3-4-8-13(12)16/h3-4,7-8,14,17H,2,5-6,9-11H2,1H3. The number of hydrogen-bond acceptors (Lipinski definition) is 1. The van der Waals surface area contributed by atoms with Crippen LogP contribution in [0.4, 0.5) is 0 Å². The molecular weight excluding hydrogens is 276 g/mol. The van der Waals surface area contributed by atoms with E-state index in [0.29, 0.717) is 0 Å². The Hall–Kier alpha value is -0.340. The summed E-state index contributed by atoms with van der Waals surface area (Å²) in [4.78, 5) is 0. The fourth-order valence-electron chi connectivity index (χ4n) is 3.09. The Morgan fingerprint density at radius 1 is 1.29 bits per heavy atom. The number of aliphatic hydroxyl groups excluding tert-OH is 1. The van der Waals surface area contributed by atoms with Crippen LogP contribution in [0.2, 0.25) is 0 Å². The molecule has 1 fully saturated rings. The van der Waals surface area contributed by atoms with Gasteiger partial charge in [0.15, 0.2) is 0 Å². The molecule has 0 spiro atoms. The topological polar surface area (TPSA) is 20.2 Å². The third-order valence-corrected chi connectivity index (χ3v) is 5.16. The second-order valence-corrected chi connectivity index (χ2v) is 6.09. The van der Waals surface area contributed by atoms with E-state index in [1.165, 1.54) is 31.2 Å². The molecule has 1 N–H and O–H groups in total. The molecule has 0 radical (unpaired) electrons. The van der Waals surface area contributed by atoms with Crippen LogP contribution < -0.4 is 0 Å². The summed E-state index contributed by atoms with van der Waals surface area (Å²) in [6, 6.07) is 8.21. The van der Waals surface area contributed by atoms with E-state index in [9.17, 15) is 5.11 Å². The Morgan fingerprint density at radius 3 is 2.53 bits per heavy atom. The molecule has 1 aliphatic rings. The lowest BCUT2D eigenvalue weighted by molar-refractivity contribution is 0.0256. The molecule has 0 aromatic heterocycles. The van der Waals surface area contributed by atoms with Crippen LogP contribution in [0.1, 0.15) is 44.6 Å². The molecule has 1 nitrogen and oxygen atoms in total. The van der Waals surface area contributed by atoms with Gasteiger partial charge < -0.3 is 5.11 Å². The second-order valence-electron chi connectivity index (χ2n) is 5.23. The third-order valence-electron chi connectivity index (χ3n) is 4.38. The van der Waals surface area contributed by atoms with Crippen molar-refractivity contribution >= 4 is 15.9 Å². The highest BCUT2D eigenvalue weighted by molar-refractivity contribution is 9.10. The van der Waals surface area contributed by atoms with Gasteiger partial charge in [0, 0.05) is 4.47 Å². The Balaban J connectivity index is 2.10. The van der Waals surface area contributed by atoms with Gasteiger partial charge in [0.2, 0.25) is 0 Å². The van der Waals surface area contributed by atoms with Crippen LogP contribution in [-0.2, 0) is 6.42 Å². The summed E-state index contributed by atoms with van der Waals surface area (Å²) < 4.78 is 1.11. The summed E-state index contributed by atoms with van der Waals surface area (Å²) in [5.41, 5.74) is 1.40. The maximum Gasteiger partial charge on any atom is 0.0637 e. The largest absolute Gasteiger partial charge is 0.392 e. The van der Waals surface area contributed by atoms with Crippen molar-refractivity contribution in [2.75, 3.05) is 0 Å². The average molecular weight is 297 g/mol. The summed E-state index contributed by atoms with van der Waals surface area (Å²) >= 11 is 3.56. The maximum absolute atomic E-state index is 10.6. The first kappa shape index (κ1) is 13.1. The second kappa shape index (κ2) is 5.53. The van der Waals surface area contributed by atoms with Crippen molar-refractivity contribution in [2.24, 2.45) is 5.41 Å². The van der Waals surface area contributed by atoms with E-state index < -0.39 is 0 Å². The van der Waals surface area contributed by atoms with E-state index in [1.54, 1.807) is 0 Å². The lowest BCUT2D eigenvalue weighted by atomic mass is 9.76. The zero-order valence-corrected chi connectivity index (χ0v) is 12.0. The summed E-state index contributed by atoms with van der Waals surface area (Å²) in [6.07, 6.45) is 6.61. The van der Waals surface area contributed by atoms with Gasteiger partial charge in [0.05, 0.1) is 6.10 Å². The normalized spacial score (nSPS) is 20.4.